The fourth-order valence-corrected chi connectivity index (χ4v) is 2.54. The maximum Gasteiger partial charge on any atom is 0.274 e. The number of amides is 2. The fraction of sp³-hybridized carbons (Fsp3) is 0.600. The van der Waals surface area contributed by atoms with E-state index in [1.807, 2.05) is 6.07 Å². The number of rotatable bonds is 4. The zero-order valence-corrected chi connectivity index (χ0v) is 13.4. The van der Waals surface area contributed by atoms with Gasteiger partial charge in [0, 0.05) is 46.2 Å². The van der Waals surface area contributed by atoms with Crippen molar-refractivity contribution in [3.05, 3.63) is 17.8 Å². The zero-order valence-electron chi connectivity index (χ0n) is 13.4. The molecular formula is C15H23N5O2. The van der Waals surface area contributed by atoms with E-state index in [2.05, 4.69) is 28.9 Å². The van der Waals surface area contributed by atoms with Crippen LogP contribution in [0, 0.1) is 0 Å². The molecule has 2 amide bonds. The number of piperazine rings is 1. The van der Waals surface area contributed by atoms with E-state index in [-0.39, 0.29) is 11.8 Å². The molecule has 2 rings (SSSR count). The molecule has 0 N–H and O–H groups in total. The number of aromatic nitrogens is 2. The average molecular weight is 305 g/mol. The lowest BCUT2D eigenvalue weighted by molar-refractivity contribution is -0.130. The molecule has 0 aliphatic carbocycles. The van der Waals surface area contributed by atoms with E-state index in [1.54, 1.807) is 22.8 Å². The van der Waals surface area contributed by atoms with Crippen LogP contribution < -0.4 is 4.90 Å². The highest BCUT2D eigenvalue weighted by Crippen LogP contribution is 2.11. The Morgan fingerprint density at radius 1 is 1.05 bits per heavy atom. The Labute approximate surface area is 130 Å². The number of carbonyl (C=O) groups is 2. The fourth-order valence-electron chi connectivity index (χ4n) is 2.54. The van der Waals surface area contributed by atoms with Crippen molar-refractivity contribution in [2.45, 2.75) is 20.8 Å². The highest BCUT2D eigenvalue weighted by atomic mass is 16.2. The van der Waals surface area contributed by atoms with Crippen LogP contribution in [-0.4, -0.2) is 71.1 Å². The number of carbonyl (C=O) groups excluding carboxylic acids is 2. The van der Waals surface area contributed by atoms with Gasteiger partial charge in [-0.1, -0.05) is 0 Å². The minimum atomic E-state index is -0.123. The Bertz CT molecular complexity index is 519. The van der Waals surface area contributed by atoms with E-state index in [9.17, 15) is 9.59 Å². The lowest BCUT2D eigenvalue weighted by Crippen LogP contribution is -2.50. The molecule has 0 saturated carbocycles. The molecule has 120 valence electrons. The first-order chi connectivity index (χ1) is 10.6. The van der Waals surface area contributed by atoms with Crippen LogP contribution >= 0.6 is 0 Å². The predicted molar refractivity (Wildman–Crippen MR) is 83.8 cm³/mol. The minimum absolute atomic E-state index is 0.0514. The molecule has 0 aromatic carbocycles. The maximum absolute atomic E-state index is 12.4. The monoisotopic (exact) mass is 305 g/mol. The van der Waals surface area contributed by atoms with Crippen LogP contribution in [0.1, 0.15) is 31.3 Å². The van der Waals surface area contributed by atoms with Gasteiger partial charge in [0.05, 0.1) is 0 Å². The Morgan fingerprint density at radius 2 is 1.64 bits per heavy atom. The largest absolute Gasteiger partial charge is 0.356 e. The van der Waals surface area contributed by atoms with E-state index in [1.165, 1.54) is 0 Å². The van der Waals surface area contributed by atoms with Crippen molar-refractivity contribution in [2.75, 3.05) is 44.2 Å². The third-order valence-corrected chi connectivity index (χ3v) is 3.97. The summed E-state index contributed by atoms with van der Waals surface area (Å²) >= 11 is 0. The summed E-state index contributed by atoms with van der Waals surface area (Å²) in [6.45, 7) is 9.59. The van der Waals surface area contributed by atoms with Crippen LogP contribution in [0.15, 0.2) is 12.1 Å². The Kier molecular flexibility index (Phi) is 5.30. The summed E-state index contributed by atoms with van der Waals surface area (Å²) in [4.78, 5) is 29.2. The van der Waals surface area contributed by atoms with Gasteiger partial charge in [-0.05, 0) is 26.0 Å². The van der Waals surface area contributed by atoms with E-state index in [0.29, 0.717) is 31.9 Å². The number of hydrogen-bond acceptors (Lipinski definition) is 5. The molecule has 1 aliphatic heterocycles. The van der Waals surface area contributed by atoms with Crippen molar-refractivity contribution in [2.24, 2.45) is 0 Å². The molecular weight excluding hydrogens is 282 g/mol. The minimum Gasteiger partial charge on any atom is -0.356 e. The quantitative estimate of drug-likeness (QED) is 0.816. The number of hydrogen-bond donors (Lipinski definition) is 0. The van der Waals surface area contributed by atoms with Crippen molar-refractivity contribution < 1.29 is 9.59 Å². The molecule has 0 unspecified atom stereocenters. The van der Waals surface area contributed by atoms with Crippen molar-refractivity contribution >= 4 is 17.6 Å². The molecule has 7 nitrogen and oxygen atoms in total. The highest BCUT2D eigenvalue weighted by Gasteiger charge is 2.24. The second kappa shape index (κ2) is 7.20. The van der Waals surface area contributed by atoms with E-state index in [0.717, 1.165) is 18.9 Å². The molecule has 0 spiro atoms. The smallest absolute Gasteiger partial charge is 0.274 e. The molecule has 1 aromatic heterocycles. The molecule has 7 heteroatoms. The molecule has 0 bridgehead atoms. The lowest BCUT2D eigenvalue weighted by Gasteiger charge is -2.33. The number of nitrogens with zero attached hydrogens (tertiary/aromatic N) is 5. The summed E-state index contributed by atoms with van der Waals surface area (Å²) in [6, 6.07) is 3.55. The van der Waals surface area contributed by atoms with E-state index >= 15 is 0 Å². The summed E-state index contributed by atoms with van der Waals surface area (Å²) in [7, 11) is 0. The molecule has 0 atom stereocenters. The van der Waals surface area contributed by atoms with Crippen LogP contribution in [0.5, 0.6) is 0 Å². The molecule has 2 heterocycles. The first-order valence-electron chi connectivity index (χ1n) is 7.70. The molecule has 1 aliphatic rings. The van der Waals surface area contributed by atoms with Gasteiger partial charge in [0.15, 0.2) is 11.5 Å². The van der Waals surface area contributed by atoms with Crippen LogP contribution in [0.2, 0.25) is 0 Å². The van der Waals surface area contributed by atoms with Gasteiger partial charge in [-0.3, -0.25) is 9.59 Å². The summed E-state index contributed by atoms with van der Waals surface area (Å²) in [6.07, 6.45) is 0. The first-order valence-corrected chi connectivity index (χ1v) is 7.70. The molecule has 1 aromatic rings. The maximum atomic E-state index is 12.4. The predicted octanol–water partition coefficient (Wildman–Crippen LogP) is 0.627. The molecule has 0 radical (unpaired) electrons. The summed E-state index contributed by atoms with van der Waals surface area (Å²) in [5.41, 5.74) is 0.354. The van der Waals surface area contributed by atoms with Crippen LogP contribution in [0.4, 0.5) is 5.82 Å². The number of anilines is 1. The Hall–Kier alpha value is -2.18. The Morgan fingerprint density at radius 3 is 2.09 bits per heavy atom. The summed E-state index contributed by atoms with van der Waals surface area (Å²) in [5, 5.41) is 8.21. The van der Waals surface area contributed by atoms with Gasteiger partial charge in [-0.2, -0.15) is 0 Å². The van der Waals surface area contributed by atoms with E-state index in [4.69, 9.17) is 0 Å². The molecule has 1 fully saturated rings. The standard InChI is InChI=1S/C15H23N5O2/c1-4-18(5-2)14-7-6-13(16-17-14)15(22)20-10-8-19(9-11-20)12(3)21/h6-7H,4-5,8-11H2,1-3H3. The third kappa shape index (κ3) is 3.52. The normalized spacial score (nSPS) is 14.9. The van der Waals surface area contributed by atoms with Crippen LogP contribution in [0.25, 0.3) is 0 Å². The van der Waals surface area contributed by atoms with Gasteiger partial charge in [-0.15, -0.1) is 10.2 Å². The Balaban J connectivity index is 2.00. The lowest BCUT2D eigenvalue weighted by atomic mass is 10.2. The van der Waals surface area contributed by atoms with Crippen molar-refractivity contribution in [1.29, 1.82) is 0 Å². The highest BCUT2D eigenvalue weighted by molar-refractivity contribution is 5.92. The topological polar surface area (TPSA) is 69.6 Å². The summed E-state index contributed by atoms with van der Waals surface area (Å²) < 4.78 is 0. The van der Waals surface area contributed by atoms with Crippen molar-refractivity contribution in [3.8, 4) is 0 Å². The zero-order chi connectivity index (χ0) is 16.1. The molecule has 22 heavy (non-hydrogen) atoms. The second-order valence-electron chi connectivity index (χ2n) is 5.25. The van der Waals surface area contributed by atoms with Crippen LogP contribution in [-0.2, 0) is 4.79 Å². The SMILES string of the molecule is CCN(CC)c1ccc(C(=O)N2CCN(C(C)=O)CC2)nn1. The summed E-state index contributed by atoms with van der Waals surface area (Å²) in [5.74, 6) is 0.709. The van der Waals surface area contributed by atoms with Crippen molar-refractivity contribution in [3.63, 3.8) is 0 Å². The van der Waals surface area contributed by atoms with Crippen LogP contribution in [0.3, 0.4) is 0 Å². The van der Waals surface area contributed by atoms with Crippen molar-refractivity contribution in [1.82, 2.24) is 20.0 Å². The second-order valence-corrected chi connectivity index (χ2v) is 5.25. The molecule has 1 saturated heterocycles. The van der Waals surface area contributed by atoms with Gasteiger partial charge in [0.1, 0.15) is 0 Å². The van der Waals surface area contributed by atoms with E-state index < -0.39 is 0 Å². The van der Waals surface area contributed by atoms with Gasteiger partial charge in [0.2, 0.25) is 5.91 Å². The van der Waals surface area contributed by atoms with Gasteiger partial charge < -0.3 is 14.7 Å². The van der Waals surface area contributed by atoms with Gasteiger partial charge in [0.25, 0.3) is 5.91 Å². The van der Waals surface area contributed by atoms with Gasteiger partial charge in [-0.25, -0.2) is 0 Å². The van der Waals surface area contributed by atoms with Gasteiger partial charge >= 0.3 is 0 Å². The third-order valence-electron chi connectivity index (χ3n) is 3.97. The average Bonchev–Trinajstić information content (AvgIpc) is 2.56. The first kappa shape index (κ1) is 16.2.